The van der Waals surface area contributed by atoms with Crippen molar-refractivity contribution >= 4 is 20.3 Å². The predicted octanol–water partition coefficient (Wildman–Crippen LogP) is 3.68. The van der Waals surface area contributed by atoms with Gasteiger partial charge in [-0.1, -0.05) is 25.6 Å². The predicted molar refractivity (Wildman–Crippen MR) is 87.2 cm³/mol. The standard InChI is InChI=1S/C17H22O3Si/c1-17(2,3)20-16(19)14-7-8-15(12-18)13(11-14)9-10-21(4,5)6/h7-8,11-12H,1-6H3. The molecule has 4 heteroatoms. The van der Waals surface area contributed by atoms with E-state index < -0.39 is 19.6 Å². The lowest BCUT2D eigenvalue weighted by Gasteiger charge is -2.19. The van der Waals surface area contributed by atoms with Gasteiger partial charge in [-0.2, -0.15) is 0 Å². The molecule has 0 saturated heterocycles. The Morgan fingerprint density at radius 1 is 1.24 bits per heavy atom. The van der Waals surface area contributed by atoms with Crippen LogP contribution < -0.4 is 0 Å². The van der Waals surface area contributed by atoms with E-state index in [9.17, 15) is 9.59 Å². The Morgan fingerprint density at radius 2 is 1.86 bits per heavy atom. The summed E-state index contributed by atoms with van der Waals surface area (Å²) in [6, 6.07) is 4.84. The van der Waals surface area contributed by atoms with Crippen molar-refractivity contribution in [2.75, 3.05) is 0 Å². The maximum absolute atomic E-state index is 12.1. The van der Waals surface area contributed by atoms with Crippen LogP contribution in [0.4, 0.5) is 0 Å². The topological polar surface area (TPSA) is 43.4 Å². The summed E-state index contributed by atoms with van der Waals surface area (Å²) in [5.41, 5.74) is 4.14. The summed E-state index contributed by atoms with van der Waals surface area (Å²) < 4.78 is 5.33. The molecule has 1 aromatic carbocycles. The lowest BCUT2D eigenvalue weighted by Crippen LogP contribution is -2.24. The monoisotopic (exact) mass is 302 g/mol. The molecule has 0 amide bonds. The largest absolute Gasteiger partial charge is 0.456 e. The van der Waals surface area contributed by atoms with E-state index >= 15 is 0 Å². The zero-order valence-electron chi connectivity index (χ0n) is 13.5. The Kier molecular flexibility index (Phi) is 5.14. The van der Waals surface area contributed by atoms with E-state index in [2.05, 4.69) is 31.1 Å². The fraction of sp³-hybridized carbons (Fsp3) is 0.412. The van der Waals surface area contributed by atoms with Crippen molar-refractivity contribution in [1.29, 1.82) is 0 Å². The highest BCUT2D eigenvalue weighted by atomic mass is 28.3. The molecule has 0 fully saturated rings. The fourth-order valence-electron chi connectivity index (χ4n) is 1.49. The minimum absolute atomic E-state index is 0.406. The molecule has 0 radical (unpaired) electrons. The summed E-state index contributed by atoms with van der Waals surface area (Å²) in [7, 11) is -1.55. The van der Waals surface area contributed by atoms with Crippen LogP contribution in [0.2, 0.25) is 19.6 Å². The quantitative estimate of drug-likeness (QED) is 0.362. The maximum Gasteiger partial charge on any atom is 0.338 e. The molecule has 0 atom stereocenters. The highest BCUT2D eigenvalue weighted by Crippen LogP contribution is 2.15. The molecule has 0 unspecified atom stereocenters. The van der Waals surface area contributed by atoms with Gasteiger partial charge in [-0.15, -0.1) is 5.54 Å². The molecule has 1 aromatic rings. The number of esters is 1. The van der Waals surface area contributed by atoms with Gasteiger partial charge in [0.05, 0.1) is 5.56 Å². The number of ether oxygens (including phenoxy) is 1. The number of carbonyl (C=O) groups is 2. The number of hydrogen-bond acceptors (Lipinski definition) is 3. The molecule has 0 aliphatic carbocycles. The van der Waals surface area contributed by atoms with Crippen LogP contribution in [0.15, 0.2) is 18.2 Å². The van der Waals surface area contributed by atoms with Gasteiger partial charge in [-0.3, -0.25) is 4.79 Å². The number of benzene rings is 1. The molecule has 21 heavy (non-hydrogen) atoms. The van der Waals surface area contributed by atoms with Crippen molar-refractivity contribution in [3.63, 3.8) is 0 Å². The summed E-state index contributed by atoms with van der Waals surface area (Å²) in [5, 5.41) is 0. The molecule has 0 aliphatic rings. The summed E-state index contributed by atoms with van der Waals surface area (Å²) >= 11 is 0. The number of hydrogen-bond donors (Lipinski definition) is 0. The molecule has 112 valence electrons. The normalized spacial score (nSPS) is 11.3. The molecule has 0 spiro atoms. The van der Waals surface area contributed by atoms with Crippen molar-refractivity contribution in [2.45, 2.75) is 46.0 Å². The Bertz CT molecular complexity index is 608. The average Bonchev–Trinajstić information content (AvgIpc) is 2.33. The first-order valence-electron chi connectivity index (χ1n) is 6.87. The van der Waals surface area contributed by atoms with Crippen LogP contribution in [-0.4, -0.2) is 25.9 Å². The zero-order chi connectivity index (χ0) is 16.3. The fourth-order valence-corrected chi connectivity index (χ4v) is 2.00. The Balaban J connectivity index is 3.19. The Hall–Kier alpha value is -1.86. The van der Waals surface area contributed by atoms with E-state index in [0.717, 1.165) is 6.29 Å². The van der Waals surface area contributed by atoms with E-state index in [1.165, 1.54) is 0 Å². The van der Waals surface area contributed by atoms with Gasteiger partial charge in [0, 0.05) is 11.1 Å². The molecule has 1 rings (SSSR count). The lowest BCUT2D eigenvalue weighted by atomic mass is 10.1. The number of aldehydes is 1. The smallest absolute Gasteiger partial charge is 0.338 e. The Labute approximate surface area is 127 Å². The van der Waals surface area contributed by atoms with Crippen LogP contribution in [0.3, 0.4) is 0 Å². The second kappa shape index (κ2) is 6.27. The van der Waals surface area contributed by atoms with Crippen LogP contribution >= 0.6 is 0 Å². The van der Waals surface area contributed by atoms with Crippen LogP contribution in [0.25, 0.3) is 0 Å². The lowest BCUT2D eigenvalue weighted by molar-refractivity contribution is 0.00693. The van der Waals surface area contributed by atoms with Gasteiger partial charge in [0.2, 0.25) is 0 Å². The van der Waals surface area contributed by atoms with Gasteiger partial charge < -0.3 is 4.74 Å². The third-order valence-corrected chi connectivity index (χ3v) is 3.26. The van der Waals surface area contributed by atoms with Crippen LogP contribution in [0.5, 0.6) is 0 Å². The van der Waals surface area contributed by atoms with Crippen molar-refractivity contribution in [1.82, 2.24) is 0 Å². The van der Waals surface area contributed by atoms with Crippen LogP contribution in [0.1, 0.15) is 47.1 Å². The molecule has 0 saturated carbocycles. The van der Waals surface area contributed by atoms with E-state index in [4.69, 9.17) is 4.74 Å². The van der Waals surface area contributed by atoms with Crippen molar-refractivity contribution < 1.29 is 14.3 Å². The summed E-state index contributed by atoms with van der Waals surface area (Å²) in [5.74, 6) is 2.63. The summed E-state index contributed by atoms with van der Waals surface area (Å²) in [4.78, 5) is 23.2. The average molecular weight is 302 g/mol. The van der Waals surface area contributed by atoms with Gasteiger partial charge in [-0.05, 0) is 39.0 Å². The highest BCUT2D eigenvalue weighted by Gasteiger charge is 2.18. The van der Waals surface area contributed by atoms with Crippen molar-refractivity contribution in [2.24, 2.45) is 0 Å². The molecule has 0 aromatic heterocycles. The van der Waals surface area contributed by atoms with E-state index in [1.54, 1.807) is 18.2 Å². The van der Waals surface area contributed by atoms with Gasteiger partial charge in [0.25, 0.3) is 0 Å². The summed E-state index contributed by atoms with van der Waals surface area (Å²) in [6.07, 6.45) is 0.757. The van der Waals surface area contributed by atoms with E-state index in [1.807, 2.05) is 20.8 Å². The van der Waals surface area contributed by atoms with Crippen LogP contribution in [-0.2, 0) is 4.74 Å². The molecule has 0 heterocycles. The molecular formula is C17H22O3Si. The molecule has 3 nitrogen and oxygen atoms in total. The Morgan fingerprint density at radius 3 is 2.33 bits per heavy atom. The first kappa shape index (κ1) is 17.2. The van der Waals surface area contributed by atoms with Gasteiger partial charge in [0.15, 0.2) is 6.29 Å². The molecule has 0 aliphatic heterocycles. The first-order chi connectivity index (χ1) is 9.52. The number of carbonyl (C=O) groups excluding carboxylic acids is 2. The first-order valence-corrected chi connectivity index (χ1v) is 10.4. The van der Waals surface area contributed by atoms with E-state index in [-0.39, 0.29) is 0 Å². The maximum atomic E-state index is 12.1. The van der Waals surface area contributed by atoms with Gasteiger partial charge in [0.1, 0.15) is 13.7 Å². The zero-order valence-corrected chi connectivity index (χ0v) is 14.5. The van der Waals surface area contributed by atoms with Crippen LogP contribution in [0, 0.1) is 11.5 Å². The summed E-state index contributed by atoms with van der Waals surface area (Å²) in [6.45, 7) is 11.8. The third kappa shape index (κ3) is 5.97. The number of rotatable bonds is 2. The second-order valence-corrected chi connectivity index (χ2v) is 11.7. The second-order valence-electron chi connectivity index (χ2n) is 6.92. The third-order valence-electron chi connectivity index (χ3n) is 2.39. The van der Waals surface area contributed by atoms with Gasteiger partial charge in [-0.25, -0.2) is 4.79 Å². The van der Waals surface area contributed by atoms with Gasteiger partial charge >= 0.3 is 5.97 Å². The highest BCUT2D eigenvalue weighted by molar-refractivity contribution is 6.83. The molecule has 0 bridgehead atoms. The van der Waals surface area contributed by atoms with Crippen molar-refractivity contribution in [3.05, 3.63) is 34.9 Å². The van der Waals surface area contributed by atoms with Crippen molar-refractivity contribution in [3.8, 4) is 11.5 Å². The molecular weight excluding hydrogens is 280 g/mol. The molecule has 0 N–H and O–H groups in total. The van der Waals surface area contributed by atoms with E-state index in [0.29, 0.717) is 16.7 Å². The minimum atomic E-state index is -1.55. The minimum Gasteiger partial charge on any atom is -0.456 e. The SMILES string of the molecule is CC(C)(C)OC(=O)c1ccc(C=O)c(C#C[Si](C)(C)C)c1.